The smallest absolute Gasteiger partial charge is 0.429 e. The summed E-state index contributed by atoms with van der Waals surface area (Å²) in [5, 5.41) is 0.271. The Labute approximate surface area is 117 Å². The highest BCUT2D eigenvalue weighted by molar-refractivity contribution is 6.43. The van der Waals surface area contributed by atoms with Gasteiger partial charge in [0.15, 0.2) is 11.5 Å². The molecule has 0 bridgehead atoms. The molecule has 1 atom stereocenters. The summed E-state index contributed by atoms with van der Waals surface area (Å²) in [6.45, 7) is 1.65. The molecule has 0 saturated carbocycles. The summed E-state index contributed by atoms with van der Waals surface area (Å²) < 4.78 is 48.0. The fraction of sp³-hybridized carbons (Fsp3) is 0.333. The van der Waals surface area contributed by atoms with Crippen molar-refractivity contribution in [3.8, 4) is 11.5 Å². The summed E-state index contributed by atoms with van der Waals surface area (Å²) in [5.41, 5.74) is 0.978. The summed E-state index contributed by atoms with van der Waals surface area (Å²) >= 11 is 12.0. The number of ether oxygens (including phenoxy) is 2. The second kappa shape index (κ2) is 4.80. The van der Waals surface area contributed by atoms with Gasteiger partial charge in [0, 0.05) is 5.56 Å². The van der Waals surface area contributed by atoms with Crippen molar-refractivity contribution in [3.63, 3.8) is 0 Å². The van der Waals surface area contributed by atoms with Crippen LogP contribution in [0.2, 0.25) is 10.0 Å². The van der Waals surface area contributed by atoms with Crippen LogP contribution in [0.1, 0.15) is 11.1 Å². The number of hydrogen-bond acceptors (Lipinski definition) is 2. The van der Waals surface area contributed by atoms with Crippen LogP contribution in [0, 0.1) is 6.92 Å². The number of alkyl halides is 3. The first-order valence-electron chi connectivity index (χ1n) is 5.24. The normalized spacial score (nSPS) is 17.9. The molecular weight excluding hydrogens is 304 g/mol. The van der Waals surface area contributed by atoms with E-state index in [1.54, 1.807) is 6.92 Å². The fourth-order valence-electron chi connectivity index (χ4n) is 1.80. The van der Waals surface area contributed by atoms with Gasteiger partial charge in [-0.15, -0.1) is 0 Å². The first-order valence-corrected chi connectivity index (χ1v) is 6.00. The quantitative estimate of drug-likeness (QED) is 0.751. The molecule has 1 heterocycles. The molecule has 2 nitrogen and oxygen atoms in total. The molecule has 0 aliphatic carbocycles. The third kappa shape index (κ3) is 2.37. The standard InChI is InChI=1S/C12H9Cl2F3O2/c1-5-6-3-4-7(12(15,16)17)19-10(6)11(18-2)9(14)8(5)13/h3-4,7H,1-2H3. The average Bonchev–Trinajstić information content (AvgIpc) is 2.35. The SMILES string of the molecule is COc1c(Cl)c(Cl)c(C)c2c1OC(C(F)(F)F)C=C2. The number of hydrogen-bond donors (Lipinski definition) is 0. The minimum Gasteiger partial charge on any atom is -0.491 e. The molecule has 1 unspecified atom stereocenters. The number of benzene rings is 1. The maximum absolute atomic E-state index is 12.7. The zero-order chi connectivity index (χ0) is 14.4. The van der Waals surface area contributed by atoms with Gasteiger partial charge in [-0.2, -0.15) is 13.2 Å². The van der Waals surface area contributed by atoms with Crippen LogP contribution in [-0.4, -0.2) is 19.4 Å². The Morgan fingerprint density at radius 1 is 1.26 bits per heavy atom. The lowest BCUT2D eigenvalue weighted by Gasteiger charge is -2.26. The van der Waals surface area contributed by atoms with Gasteiger partial charge in [-0.3, -0.25) is 0 Å². The van der Waals surface area contributed by atoms with E-state index in [0.717, 1.165) is 6.08 Å². The van der Waals surface area contributed by atoms with Crippen LogP contribution in [0.3, 0.4) is 0 Å². The molecule has 0 saturated heterocycles. The van der Waals surface area contributed by atoms with Gasteiger partial charge < -0.3 is 9.47 Å². The van der Waals surface area contributed by atoms with Crippen molar-refractivity contribution in [3.05, 3.63) is 27.2 Å². The van der Waals surface area contributed by atoms with Crippen LogP contribution in [-0.2, 0) is 0 Å². The van der Waals surface area contributed by atoms with Gasteiger partial charge in [-0.1, -0.05) is 29.3 Å². The van der Waals surface area contributed by atoms with Crippen LogP contribution < -0.4 is 9.47 Å². The van der Waals surface area contributed by atoms with Crippen LogP contribution in [0.5, 0.6) is 11.5 Å². The highest BCUT2D eigenvalue weighted by atomic mass is 35.5. The van der Waals surface area contributed by atoms with Gasteiger partial charge in [0.2, 0.25) is 6.10 Å². The summed E-state index contributed by atoms with van der Waals surface area (Å²) in [7, 11) is 1.29. The monoisotopic (exact) mass is 312 g/mol. The lowest BCUT2D eigenvalue weighted by Crippen LogP contribution is -2.34. The molecule has 7 heteroatoms. The van der Waals surface area contributed by atoms with E-state index in [4.69, 9.17) is 32.7 Å². The van der Waals surface area contributed by atoms with Crippen molar-refractivity contribution in [1.82, 2.24) is 0 Å². The lowest BCUT2D eigenvalue weighted by molar-refractivity contribution is -0.180. The summed E-state index contributed by atoms with van der Waals surface area (Å²) in [4.78, 5) is 0. The van der Waals surface area contributed by atoms with Crippen LogP contribution in [0.15, 0.2) is 6.08 Å². The van der Waals surface area contributed by atoms with Crippen LogP contribution in [0.25, 0.3) is 6.08 Å². The molecule has 1 aromatic carbocycles. The number of methoxy groups -OCH3 is 1. The Kier molecular flexibility index (Phi) is 3.62. The molecule has 0 aromatic heterocycles. The molecule has 2 rings (SSSR count). The third-order valence-electron chi connectivity index (χ3n) is 2.79. The van der Waals surface area contributed by atoms with E-state index in [9.17, 15) is 13.2 Å². The Bertz CT molecular complexity index is 553. The van der Waals surface area contributed by atoms with Crippen molar-refractivity contribution >= 4 is 29.3 Å². The summed E-state index contributed by atoms with van der Waals surface area (Å²) in [6, 6.07) is 0. The fourth-order valence-corrected chi connectivity index (χ4v) is 2.29. The van der Waals surface area contributed by atoms with Gasteiger partial charge in [-0.25, -0.2) is 0 Å². The maximum atomic E-state index is 12.7. The topological polar surface area (TPSA) is 18.5 Å². The van der Waals surface area contributed by atoms with Crippen LogP contribution >= 0.6 is 23.2 Å². The molecule has 1 aliphatic rings. The first kappa shape index (κ1) is 14.3. The molecule has 0 fully saturated rings. The Hall–Kier alpha value is -1.07. The van der Waals surface area contributed by atoms with E-state index in [-0.39, 0.29) is 21.5 Å². The van der Waals surface area contributed by atoms with Crippen molar-refractivity contribution in [1.29, 1.82) is 0 Å². The summed E-state index contributed by atoms with van der Waals surface area (Å²) in [6.07, 6.45) is -4.28. The lowest BCUT2D eigenvalue weighted by atomic mass is 10.0. The number of fused-ring (bicyclic) bond motifs is 1. The van der Waals surface area contributed by atoms with Gasteiger partial charge in [-0.05, 0) is 18.6 Å². The molecular formula is C12H9Cl2F3O2. The number of halogens is 5. The average molecular weight is 313 g/mol. The van der Waals surface area contributed by atoms with Crippen molar-refractivity contribution in [2.75, 3.05) is 7.11 Å². The second-order valence-electron chi connectivity index (χ2n) is 3.97. The van der Waals surface area contributed by atoms with Crippen LogP contribution in [0.4, 0.5) is 13.2 Å². The predicted octanol–water partition coefficient (Wildman–Crippen LogP) is 4.65. The van der Waals surface area contributed by atoms with Crippen molar-refractivity contribution < 1.29 is 22.6 Å². The number of rotatable bonds is 1. The third-order valence-corrected chi connectivity index (χ3v) is 3.72. The second-order valence-corrected chi connectivity index (χ2v) is 4.72. The minimum atomic E-state index is -4.50. The van der Waals surface area contributed by atoms with Crippen molar-refractivity contribution in [2.45, 2.75) is 19.2 Å². The minimum absolute atomic E-state index is 0.00543. The molecule has 19 heavy (non-hydrogen) atoms. The first-order chi connectivity index (χ1) is 8.77. The molecule has 0 amide bonds. The van der Waals surface area contributed by atoms with E-state index < -0.39 is 12.3 Å². The van der Waals surface area contributed by atoms with E-state index >= 15 is 0 Å². The molecule has 0 spiro atoms. The van der Waals surface area contributed by atoms with Crippen molar-refractivity contribution in [2.24, 2.45) is 0 Å². The summed E-state index contributed by atoms with van der Waals surface area (Å²) in [5.74, 6) is -0.0370. The predicted molar refractivity (Wildman–Crippen MR) is 67.3 cm³/mol. The van der Waals surface area contributed by atoms with Gasteiger partial charge in [0.25, 0.3) is 0 Å². The Morgan fingerprint density at radius 3 is 2.42 bits per heavy atom. The van der Waals surface area contributed by atoms with Gasteiger partial charge in [0.05, 0.1) is 12.1 Å². The molecule has 1 aliphatic heterocycles. The maximum Gasteiger partial charge on any atom is 0.429 e. The van der Waals surface area contributed by atoms with E-state index in [1.807, 2.05) is 0 Å². The largest absolute Gasteiger partial charge is 0.491 e. The molecule has 104 valence electrons. The highest BCUT2D eigenvalue weighted by Crippen LogP contribution is 2.48. The molecule has 1 aromatic rings. The molecule has 0 radical (unpaired) electrons. The Balaban J connectivity index is 2.61. The highest BCUT2D eigenvalue weighted by Gasteiger charge is 2.42. The van der Waals surface area contributed by atoms with Gasteiger partial charge in [0.1, 0.15) is 5.02 Å². The van der Waals surface area contributed by atoms with Gasteiger partial charge >= 0.3 is 6.18 Å². The molecule has 0 N–H and O–H groups in total. The zero-order valence-electron chi connectivity index (χ0n) is 9.94. The van der Waals surface area contributed by atoms with E-state index in [1.165, 1.54) is 13.2 Å². The van der Waals surface area contributed by atoms with E-state index in [0.29, 0.717) is 11.1 Å². The zero-order valence-corrected chi connectivity index (χ0v) is 11.5. The Morgan fingerprint density at radius 2 is 1.89 bits per heavy atom. The van der Waals surface area contributed by atoms with E-state index in [2.05, 4.69) is 0 Å².